The molecule has 2 unspecified atom stereocenters. The zero-order chi connectivity index (χ0) is 21.3. The highest BCUT2D eigenvalue weighted by Gasteiger charge is 2.53. The fourth-order valence-electron chi connectivity index (χ4n) is 5.45. The molecule has 31 heavy (non-hydrogen) atoms. The van der Waals surface area contributed by atoms with Gasteiger partial charge in [-0.05, 0) is 68.5 Å². The lowest BCUT2D eigenvalue weighted by atomic mass is 9.52. The predicted molar refractivity (Wildman–Crippen MR) is 111 cm³/mol. The Balaban J connectivity index is 0.000000351. The van der Waals surface area contributed by atoms with E-state index in [2.05, 4.69) is 24.1 Å². The normalized spacial score (nSPS) is 28.1. The third-order valence-electron chi connectivity index (χ3n) is 6.90. The number of aliphatic carboxylic acids is 2. The summed E-state index contributed by atoms with van der Waals surface area (Å²) in [5, 5.41) is 42.4. The lowest BCUT2D eigenvalue weighted by molar-refractivity contribution is -0.165. The zero-order valence-electron chi connectivity index (χ0n) is 17.5. The Labute approximate surface area is 180 Å². The van der Waals surface area contributed by atoms with Crippen LogP contribution >= 0.6 is 0 Å². The van der Waals surface area contributed by atoms with Crippen molar-refractivity contribution in [1.29, 1.82) is 0 Å². The van der Waals surface area contributed by atoms with Crippen LogP contribution in [0.3, 0.4) is 0 Å². The molecular weight excluding hydrogens is 410 g/mol. The van der Waals surface area contributed by atoms with Gasteiger partial charge in [-0.1, -0.05) is 18.9 Å². The summed E-state index contributed by atoms with van der Waals surface area (Å²) in [7, 11) is 2.30. The van der Waals surface area contributed by atoms with Crippen LogP contribution in [0.25, 0.3) is 0 Å². The van der Waals surface area contributed by atoms with Gasteiger partial charge in [0.05, 0.1) is 0 Å². The van der Waals surface area contributed by atoms with Crippen LogP contribution in [0.4, 0.5) is 0 Å². The summed E-state index contributed by atoms with van der Waals surface area (Å²) in [5.41, 5.74) is 3.36. The Kier molecular flexibility index (Phi) is 8.97. The molecule has 0 aromatic heterocycles. The number of aromatic hydroxyl groups is 1. The van der Waals surface area contributed by atoms with Gasteiger partial charge in [0.15, 0.2) is 12.2 Å². The number of piperidine rings is 1. The van der Waals surface area contributed by atoms with Crippen molar-refractivity contribution in [2.75, 3.05) is 13.6 Å². The highest BCUT2D eigenvalue weighted by molar-refractivity contribution is 5.83. The molecule has 9 N–H and O–H groups in total. The third-order valence-corrected chi connectivity index (χ3v) is 6.90. The predicted octanol–water partition coefficient (Wildman–Crippen LogP) is -0.692. The number of aliphatic hydroxyl groups is 2. The molecule has 1 aromatic rings. The highest BCUT2D eigenvalue weighted by atomic mass is 16.4. The minimum absolute atomic E-state index is 0. The van der Waals surface area contributed by atoms with Gasteiger partial charge in [-0.3, -0.25) is 0 Å². The van der Waals surface area contributed by atoms with Gasteiger partial charge in [0.2, 0.25) is 0 Å². The second-order valence-corrected chi connectivity index (χ2v) is 8.42. The van der Waals surface area contributed by atoms with E-state index in [-0.39, 0.29) is 11.0 Å². The molecule has 1 heterocycles. The number of phenolic OH excluding ortho intramolecular Hbond substituents is 1. The van der Waals surface area contributed by atoms with Gasteiger partial charge < -0.3 is 41.4 Å². The van der Waals surface area contributed by atoms with Gasteiger partial charge in [0.1, 0.15) is 5.75 Å². The lowest BCUT2D eigenvalue weighted by Gasteiger charge is -2.58. The zero-order valence-corrected chi connectivity index (χ0v) is 17.5. The van der Waals surface area contributed by atoms with Crippen LogP contribution in [0.1, 0.15) is 43.2 Å². The third kappa shape index (κ3) is 4.99. The van der Waals surface area contributed by atoms with Gasteiger partial charge >= 0.3 is 11.9 Å². The first-order valence-corrected chi connectivity index (χ1v) is 10.0. The molecule has 4 rings (SSSR count). The molecule has 3 aliphatic rings. The molecule has 10 heteroatoms. The van der Waals surface area contributed by atoms with E-state index in [0.29, 0.717) is 11.2 Å². The Bertz CT molecular complexity index is 768. The van der Waals surface area contributed by atoms with Crippen LogP contribution < -0.4 is 0 Å². The van der Waals surface area contributed by atoms with E-state index in [1.807, 2.05) is 6.07 Å². The van der Waals surface area contributed by atoms with Crippen LogP contribution in [-0.2, 0) is 21.4 Å². The molecule has 1 saturated carbocycles. The number of likely N-dealkylation sites (tertiary alicyclic amines) is 1. The number of carboxylic acid groups (broad SMARTS) is 2. The molecular formula is C21H33NO9. The SMILES string of the molecule is CN1CC[C@]23CCCC[C@H]2[C@H]1Cc1ccc(O)cc13.O.O.O=C(O)C(O)C(O)C(=O)O. The molecule has 2 aliphatic carbocycles. The summed E-state index contributed by atoms with van der Waals surface area (Å²) in [4.78, 5) is 22.1. The number of likely N-dealkylation sites (N-methyl/N-ethyl adjacent to an activating group) is 1. The maximum atomic E-state index is 9.91. The Morgan fingerprint density at radius 2 is 1.68 bits per heavy atom. The second kappa shape index (κ2) is 10.4. The van der Waals surface area contributed by atoms with E-state index in [0.717, 1.165) is 12.0 Å². The molecule has 176 valence electrons. The van der Waals surface area contributed by atoms with E-state index in [4.69, 9.17) is 20.4 Å². The number of rotatable bonds is 3. The molecule has 0 amide bonds. The molecule has 10 nitrogen and oxygen atoms in total. The van der Waals surface area contributed by atoms with E-state index in [1.54, 1.807) is 0 Å². The minimum atomic E-state index is -2.27. The van der Waals surface area contributed by atoms with E-state index in [9.17, 15) is 14.7 Å². The van der Waals surface area contributed by atoms with Crippen molar-refractivity contribution in [3.63, 3.8) is 0 Å². The second-order valence-electron chi connectivity index (χ2n) is 8.42. The molecule has 0 radical (unpaired) electrons. The molecule has 5 atom stereocenters. The van der Waals surface area contributed by atoms with Crippen molar-refractivity contribution in [3.8, 4) is 5.75 Å². The van der Waals surface area contributed by atoms with Crippen LogP contribution in [0.15, 0.2) is 18.2 Å². The van der Waals surface area contributed by atoms with Crippen molar-refractivity contribution in [2.24, 2.45) is 5.92 Å². The molecule has 0 spiro atoms. The number of hydrogen-bond acceptors (Lipinski definition) is 6. The van der Waals surface area contributed by atoms with Crippen molar-refractivity contribution in [1.82, 2.24) is 4.90 Å². The Morgan fingerprint density at radius 1 is 1.06 bits per heavy atom. The first-order chi connectivity index (χ1) is 13.7. The topological polar surface area (TPSA) is 202 Å². The summed E-state index contributed by atoms with van der Waals surface area (Å²) >= 11 is 0. The fourth-order valence-corrected chi connectivity index (χ4v) is 5.45. The maximum absolute atomic E-state index is 9.91. The number of hydrogen-bond donors (Lipinski definition) is 5. The number of nitrogens with zero attached hydrogens (tertiary/aromatic N) is 1. The van der Waals surface area contributed by atoms with Crippen LogP contribution in [0.5, 0.6) is 5.75 Å². The van der Waals surface area contributed by atoms with Gasteiger partial charge in [0, 0.05) is 11.5 Å². The first kappa shape index (κ1) is 26.8. The average Bonchev–Trinajstić information content (AvgIpc) is 2.70. The van der Waals surface area contributed by atoms with Crippen molar-refractivity contribution in [2.45, 2.75) is 62.2 Å². The summed E-state index contributed by atoms with van der Waals surface area (Å²) in [6, 6.07) is 6.85. The van der Waals surface area contributed by atoms with Crippen molar-refractivity contribution in [3.05, 3.63) is 29.3 Å². The molecule has 1 saturated heterocycles. The highest BCUT2D eigenvalue weighted by Crippen LogP contribution is 2.55. The lowest BCUT2D eigenvalue weighted by Crippen LogP contribution is -2.59. The minimum Gasteiger partial charge on any atom is -0.508 e. The van der Waals surface area contributed by atoms with Crippen LogP contribution in [0.2, 0.25) is 0 Å². The van der Waals surface area contributed by atoms with Crippen molar-refractivity contribution >= 4 is 11.9 Å². The summed E-state index contributed by atoms with van der Waals surface area (Å²) < 4.78 is 0. The number of carbonyl (C=O) groups is 2. The standard InChI is InChI=1S/C17H23NO.C4H6O6.2H2O/c1-18-9-8-17-7-3-2-4-14(17)16(18)10-12-5-6-13(19)11-15(12)17;5-1(3(7)8)2(6)4(9)10;;/h5-6,11,14,16,19H,2-4,7-10H2,1H3;1-2,5-6H,(H,7,8)(H,9,10);2*1H2/t14-,16+,17+;;;/m0.../s1. The average molecular weight is 443 g/mol. The molecule has 1 aromatic carbocycles. The van der Waals surface area contributed by atoms with Crippen molar-refractivity contribution < 1.29 is 46.1 Å². The molecule has 2 bridgehead atoms. The number of benzene rings is 1. The fraction of sp³-hybridized carbons (Fsp3) is 0.619. The number of fused-ring (bicyclic) bond motifs is 1. The van der Waals surface area contributed by atoms with Gasteiger partial charge in [-0.2, -0.15) is 0 Å². The number of carboxylic acids is 2. The van der Waals surface area contributed by atoms with Crippen LogP contribution in [-0.4, -0.2) is 85.2 Å². The quantitative estimate of drug-likeness (QED) is 0.403. The first-order valence-electron chi connectivity index (χ1n) is 10.0. The Morgan fingerprint density at radius 3 is 2.26 bits per heavy atom. The number of phenols is 1. The largest absolute Gasteiger partial charge is 0.508 e. The summed E-state index contributed by atoms with van der Waals surface area (Å²) in [5.74, 6) is -2.27. The monoisotopic (exact) mass is 443 g/mol. The van der Waals surface area contributed by atoms with E-state index in [1.165, 1.54) is 56.2 Å². The molecule has 1 aliphatic heterocycles. The smallest absolute Gasteiger partial charge is 0.335 e. The van der Waals surface area contributed by atoms with Gasteiger partial charge in [-0.15, -0.1) is 0 Å². The van der Waals surface area contributed by atoms with E-state index >= 15 is 0 Å². The number of aliphatic hydroxyl groups excluding tert-OH is 2. The molecule has 2 fully saturated rings. The van der Waals surface area contributed by atoms with E-state index < -0.39 is 24.1 Å². The maximum Gasteiger partial charge on any atom is 0.335 e. The Hall–Kier alpha value is -2.24. The summed E-state index contributed by atoms with van der Waals surface area (Å²) in [6.07, 6.45) is 3.39. The summed E-state index contributed by atoms with van der Waals surface area (Å²) in [6.45, 7) is 1.22. The van der Waals surface area contributed by atoms with Crippen LogP contribution in [0, 0.1) is 5.92 Å². The van der Waals surface area contributed by atoms with Gasteiger partial charge in [0.25, 0.3) is 0 Å². The van der Waals surface area contributed by atoms with Gasteiger partial charge in [-0.25, -0.2) is 9.59 Å².